The van der Waals surface area contributed by atoms with Gasteiger partial charge in [-0.15, -0.1) is 0 Å². The average Bonchev–Trinajstić information content (AvgIpc) is 2.65. The fourth-order valence-electron chi connectivity index (χ4n) is 2.33. The summed E-state index contributed by atoms with van der Waals surface area (Å²) in [5, 5.41) is 6.08. The zero-order valence-corrected chi connectivity index (χ0v) is 15.0. The predicted molar refractivity (Wildman–Crippen MR) is 99.8 cm³/mol. The lowest BCUT2D eigenvalue weighted by molar-refractivity contribution is 0.102. The highest BCUT2D eigenvalue weighted by Gasteiger charge is 2.11. The standard InChI is InChI=1S/C19H25N3O3/c1-4-5-6-11-20-18-10-7-14(13-21-18)19(23)22-16-12-15(24-2)8-9-17(16)25-3/h7-10,12-13H,4-6,11H2,1-3H3,(H,20,21)(H,22,23). The molecule has 0 aliphatic heterocycles. The van der Waals surface area contributed by atoms with Gasteiger partial charge in [0.2, 0.25) is 0 Å². The van der Waals surface area contributed by atoms with Crippen LogP contribution < -0.4 is 20.1 Å². The highest BCUT2D eigenvalue weighted by molar-refractivity contribution is 6.05. The van der Waals surface area contributed by atoms with E-state index >= 15 is 0 Å². The SMILES string of the molecule is CCCCCNc1ccc(C(=O)Nc2cc(OC)ccc2OC)cn1. The second-order valence-electron chi connectivity index (χ2n) is 5.59. The number of methoxy groups -OCH3 is 2. The zero-order chi connectivity index (χ0) is 18.1. The van der Waals surface area contributed by atoms with Crippen LogP contribution in [0.25, 0.3) is 0 Å². The Morgan fingerprint density at radius 1 is 1.12 bits per heavy atom. The van der Waals surface area contributed by atoms with Gasteiger partial charge in [-0.3, -0.25) is 4.79 Å². The lowest BCUT2D eigenvalue weighted by Crippen LogP contribution is -2.13. The molecule has 2 aromatic rings. The number of amides is 1. The Balaban J connectivity index is 2.01. The molecule has 1 amide bonds. The van der Waals surface area contributed by atoms with Crippen molar-refractivity contribution in [3.05, 3.63) is 42.1 Å². The summed E-state index contributed by atoms with van der Waals surface area (Å²) in [6.07, 6.45) is 5.04. The number of rotatable bonds is 9. The number of hydrogen-bond acceptors (Lipinski definition) is 5. The van der Waals surface area contributed by atoms with Crippen molar-refractivity contribution in [2.24, 2.45) is 0 Å². The van der Waals surface area contributed by atoms with Crippen LogP contribution in [0, 0.1) is 0 Å². The van der Waals surface area contributed by atoms with Gasteiger partial charge in [-0.1, -0.05) is 19.8 Å². The molecule has 0 spiro atoms. The highest BCUT2D eigenvalue weighted by Crippen LogP contribution is 2.29. The molecule has 0 aliphatic rings. The Kier molecular flexibility index (Phi) is 7.07. The summed E-state index contributed by atoms with van der Waals surface area (Å²) in [4.78, 5) is 16.7. The van der Waals surface area contributed by atoms with Crippen molar-refractivity contribution < 1.29 is 14.3 Å². The van der Waals surface area contributed by atoms with Gasteiger partial charge in [0.25, 0.3) is 5.91 Å². The van der Waals surface area contributed by atoms with Crippen molar-refractivity contribution in [3.63, 3.8) is 0 Å². The van der Waals surface area contributed by atoms with Crippen molar-refractivity contribution in [1.29, 1.82) is 0 Å². The third-order valence-electron chi connectivity index (χ3n) is 3.77. The fourth-order valence-corrected chi connectivity index (χ4v) is 2.33. The third kappa shape index (κ3) is 5.38. The van der Waals surface area contributed by atoms with Crippen LogP contribution in [-0.2, 0) is 0 Å². The highest BCUT2D eigenvalue weighted by atomic mass is 16.5. The van der Waals surface area contributed by atoms with Gasteiger partial charge >= 0.3 is 0 Å². The molecule has 0 saturated carbocycles. The lowest BCUT2D eigenvalue weighted by atomic mass is 10.2. The predicted octanol–water partition coefficient (Wildman–Crippen LogP) is 3.95. The smallest absolute Gasteiger partial charge is 0.257 e. The van der Waals surface area contributed by atoms with Crippen molar-refractivity contribution in [1.82, 2.24) is 4.98 Å². The first kappa shape index (κ1) is 18.6. The molecule has 0 atom stereocenters. The molecule has 2 N–H and O–H groups in total. The van der Waals surface area contributed by atoms with E-state index in [-0.39, 0.29) is 5.91 Å². The first-order valence-corrected chi connectivity index (χ1v) is 8.41. The first-order chi connectivity index (χ1) is 12.2. The summed E-state index contributed by atoms with van der Waals surface area (Å²) in [6, 6.07) is 8.79. The van der Waals surface area contributed by atoms with E-state index in [1.165, 1.54) is 12.8 Å². The van der Waals surface area contributed by atoms with E-state index in [9.17, 15) is 4.79 Å². The van der Waals surface area contributed by atoms with Crippen molar-refractivity contribution in [2.75, 3.05) is 31.4 Å². The van der Waals surface area contributed by atoms with Crippen LogP contribution in [0.2, 0.25) is 0 Å². The maximum atomic E-state index is 12.4. The number of carbonyl (C=O) groups is 1. The number of carbonyl (C=O) groups excluding carboxylic acids is 1. The second kappa shape index (κ2) is 9.52. The van der Waals surface area contributed by atoms with Gasteiger partial charge < -0.3 is 20.1 Å². The minimum atomic E-state index is -0.253. The van der Waals surface area contributed by atoms with Crippen molar-refractivity contribution >= 4 is 17.4 Å². The van der Waals surface area contributed by atoms with E-state index in [0.29, 0.717) is 22.7 Å². The van der Waals surface area contributed by atoms with Crippen LogP contribution in [-0.4, -0.2) is 31.7 Å². The second-order valence-corrected chi connectivity index (χ2v) is 5.59. The van der Waals surface area contributed by atoms with Gasteiger partial charge in [-0.05, 0) is 30.7 Å². The minimum Gasteiger partial charge on any atom is -0.497 e. The van der Waals surface area contributed by atoms with Crippen LogP contribution in [0.15, 0.2) is 36.5 Å². The van der Waals surface area contributed by atoms with E-state index in [0.717, 1.165) is 18.8 Å². The summed E-state index contributed by atoms with van der Waals surface area (Å²) in [5.74, 6) is 1.72. The molecule has 0 saturated heterocycles. The maximum absolute atomic E-state index is 12.4. The number of ether oxygens (including phenoxy) is 2. The van der Waals surface area contributed by atoms with Gasteiger partial charge in [-0.2, -0.15) is 0 Å². The minimum absolute atomic E-state index is 0.253. The van der Waals surface area contributed by atoms with Gasteiger partial charge in [0.1, 0.15) is 17.3 Å². The Hall–Kier alpha value is -2.76. The molecular formula is C19H25N3O3. The summed E-state index contributed by atoms with van der Waals surface area (Å²) >= 11 is 0. The number of unbranched alkanes of at least 4 members (excludes halogenated alkanes) is 2. The fraction of sp³-hybridized carbons (Fsp3) is 0.368. The monoisotopic (exact) mass is 343 g/mol. The molecule has 0 unspecified atom stereocenters. The molecule has 2 rings (SSSR count). The van der Waals surface area contributed by atoms with Crippen LogP contribution >= 0.6 is 0 Å². The molecule has 6 nitrogen and oxygen atoms in total. The molecule has 25 heavy (non-hydrogen) atoms. The van der Waals surface area contributed by atoms with Crippen molar-refractivity contribution in [2.45, 2.75) is 26.2 Å². The number of nitrogens with one attached hydrogen (secondary N) is 2. The summed E-state index contributed by atoms with van der Waals surface area (Å²) in [7, 11) is 3.13. The molecule has 1 aromatic heterocycles. The summed E-state index contributed by atoms with van der Waals surface area (Å²) in [6.45, 7) is 3.05. The van der Waals surface area contributed by atoms with E-state index in [1.54, 1.807) is 44.7 Å². The molecule has 134 valence electrons. The number of anilines is 2. The van der Waals surface area contributed by atoms with Crippen LogP contribution in [0.1, 0.15) is 36.5 Å². The number of pyridine rings is 1. The Morgan fingerprint density at radius 2 is 1.96 bits per heavy atom. The number of hydrogen-bond donors (Lipinski definition) is 2. The zero-order valence-electron chi connectivity index (χ0n) is 15.0. The third-order valence-corrected chi connectivity index (χ3v) is 3.77. The van der Waals surface area contributed by atoms with E-state index in [4.69, 9.17) is 9.47 Å². The number of benzene rings is 1. The molecule has 1 heterocycles. The Labute approximate surface area is 148 Å². The molecule has 6 heteroatoms. The largest absolute Gasteiger partial charge is 0.497 e. The topological polar surface area (TPSA) is 72.5 Å². The van der Waals surface area contributed by atoms with E-state index in [2.05, 4.69) is 22.5 Å². The average molecular weight is 343 g/mol. The Morgan fingerprint density at radius 3 is 2.60 bits per heavy atom. The lowest BCUT2D eigenvalue weighted by Gasteiger charge is -2.12. The van der Waals surface area contributed by atoms with Crippen LogP contribution in [0.5, 0.6) is 11.5 Å². The molecule has 0 fully saturated rings. The normalized spacial score (nSPS) is 10.2. The summed E-state index contributed by atoms with van der Waals surface area (Å²) in [5.41, 5.74) is 1.03. The molecule has 0 aliphatic carbocycles. The van der Waals surface area contributed by atoms with Crippen molar-refractivity contribution in [3.8, 4) is 11.5 Å². The summed E-state index contributed by atoms with van der Waals surface area (Å²) < 4.78 is 10.5. The number of nitrogens with zero attached hydrogens (tertiary/aromatic N) is 1. The Bertz CT molecular complexity index is 687. The van der Waals surface area contributed by atoms with Crippen LogP contribution in [0.4, 0.5) is 11.5 Å². The van der Waals surface area contributed by atoms with E-state index in [1.807, 2.05) is 6.07 Å². The van der Waals surface area contributed by atoms with Gasteiger partial charge in [0.15, 0.2) is 0 Å². The first-order valence-electron chi connectivity index (χ1n) is 8.41. The van der Waals surface area contributed by atoms with E-state index < -0.39 is 0 Å². The molecule has 0 bridgehead atoms. The quantitative estimate of drug-likeness (QED) is 0.675. The molecular weight excluding hydrogens is 318 g/mol. The van der Waals surface area contributed by atoms with Gasteiger partial charge in [0.05, 0.1) is 25.5 Å². The number of aromatic nitrogens is 1. The molecule has 1 aromatic carbocycles. The molecule has 0 radical (unpaired) electrons. The van der Waals surface area contributed by atoms with Crippen LogP contribution in [0.3, 0.4) is 0 Å². The van der Waals surface area contributed by atoms with Gasteiger partial charge in [0, 0.05) is 18.8 Å². The maximum Gasteiger partial charge on any atom is 0.257 e. The van der Waals surface area contributed by atoms with Gasteiger partial charge in [-0.25, -0.2) is 4.98 Å².